The van der Waals surface area contributed by atoms with Gasteiger partial charge in [0.05, 0.1) is 0 Å². The molecule has 0 N–H and O–H groups in total. The Morgan fingerprint density at radius 1 is 1.00 bits per heavy atom. The van der Waals surface area contributed by atoms with Crippen molar-refractivity contribution in [3.05, 3.63) is 50.4 Å². The van der Waals surface area contributed by atoms with Gasteiger partial charge in [0.2, 0.25) is 0 Å². The molecule has 3 heteroatoms. The molecule has 1 aliphatic carbocycles. The van der Waals surface area contributed by atoms with Gasteiger partial charge in [0.15, 0.2) is 5.78 Å². The van der Waals surface area contributed by atoms with Crippen LogP contribution in [-0.4, -0.2) is 5.78 Å². The molecule has 84 valence electrons. The molecule has 2 aromatic rings. The quantitative estimate of drug-likeness (QED) is 0.658. The number of benzene rings is 2. The van der Waals surface area contributed by atoms with Crippen molar-refractivity contribution in [3.8, 4) is 0 Å². The number of allylic oxidation sites excluding steroid dienone is 1. The summed E-state index contributed by atoms with van der Waals surface area (Å²) in [4.78, 5) is 11.9. The van der Waals surface area contributed by atoms with Gasteiger partial charge in [0.1, 0.15) is 0 Å². The smallest absolute Gasteiger partial charge is 0.168 e. The van der Waals surface area contributed by atoms with Crippen LogP contribution < -0.4 is 0 Å². The zero-order chi connectivity index (χ0) is 12.0. The first-order valence-corrected chi connectivity index (χ1v) is 6.85. The van der Waals surface area contributed by atoms with Gasteiger partial charge in [-0.3, -0.25) is 4.79 Å². The van der Waals surface area contributed by atoms with E-state index < -0.39 is 0 Å². The van der Waals surface area contributed by atoms with Crippen molar-refractivity contribution < 1.29 is 4.79 Å². The van der Waals surface area contributed by atoms with Gasteiger partial charge in [-0.1, -0.05) is 37.9 Å². The topological polar surface area (TPSA) is 17.1 Å². The van der Waals surface area contributed by atoms with Crippen LogP contribution in [0, 0.1) is 0 Å². The molecule has 17 heavy (non-hydrogen) atoms. The predicted molar refractivity (Wildman–Crippen MR) is 77.5 cm³/mol. The zero-order valence-corrected chi connectivity index (χ0v) is 12.0. The van der Waals surface area contributed by atoms with Crippen molar-refractivity contribution in [2.24, 2.45) is 0 Å². The molecule has 0 atom stereocenters. The van der Waals surface area contributed by atoms with Crippen LogP contribution in [0.2, 0.25) is 0 Å². The number of hydrogen-bond acceptors (Lipinski definition) is 1. The molecule has 0 aromatic heterocycles. The van der Waals surface area contributed by atoms with Gasteiger partial charge < -0.3 is 0 Å². The molecular weight excluding hydrogens is 344 g/mol. The van der Waals surface area contributed by atoms with Gasteiger partial charge in [-0.25, -0.2) is 0 Å². The highest BCUT2D eigenvalue weighted by atomic mass is 79.9. The van der Waals surface area contributed by atoms with Crippen LogP contribution >= 0.6 is 31.9 Å². The highest BCUT2D eigenvalue weighted by Crippen LogP contribution is 2.31. The van der Waals surface area contributed by atoms with E-state index in [1.54, 1.807) is 0 Å². The van der Waals surface area contributed by atoms with Crippen LogP contribution in [0.3, 0.4) is 0 Å². The van der Waals surface area contributed by atoms with Crippen LogP contribution in [0.5, 0.6) is 0 Å². The molecule has 0 saturated heterocycles. The SMILES string of the molecule is O=C1CC(Br)=Cc2cc3cc(Br)ccc3cc21. The van der Waals surface area contributed by atoms with Crippen molar-refractivity contribution >= 4 is 54.5 Å². The lowest BCUT2D eigenvalue weighted by molar-refractivity contribution is 0.0994. The van der Waals surface area contributed by atoms with Crippen LogP contribution in [0.1, 0.15) is 22.3 Å². The van der Waals surface area contributed by atoms with Crippen molar-refractivity contribution in [1.29, 1.82) is 0 Å². The summed E-state index contributed by atoms with van der Waals surface area (Å²) in [5, 5.41) is 2.25. The Bertz CT molecular complexity index is 671. The summed E-state index contributed by atoms with van der Waals surface area (Å²) in [6.07, 6.45) is 2.49. The van der Waals surface area contributed by atoms with Crippen molar-refractivity contribution in [2.45, 2.75) is 6.42 Å². The average molecular weight is 352 g/mol. The molecule has 0 spiro atoms. The van der Waals surface area contributed by atoms with Gasteiger partial charge in [-0.2, -0.15) is 0 Å². The summed E-state index contributed by atoms with van der Waals surface area (Å²) >= 11 is 6.87. The third-order valence-electron chi connectivity index (χ3n) is 2.91. The number of halogens is 2. The van der Waals surface area contributed by atoms with Gasteiger partial charge in [0, 0.05) is 20.9 Å². The van der Waals surface area contributed by atoms with Gasteiger partial charge in [0.25, 0.3) is 0 Å². The van der Waals surface area contributed by atoms with Gasteiger partial charge >= 0.3 is 0 Å². The Morgan fingerprint density at radius 3 is 2.65 bits per heavy atom. The third-order valence-corrected chi connectivity index (χ3v) is 3.92. The van der Waals surface area contributed by atoms with Gasteiger partial charge in [-0.15, -0.1) is 0 Å². The lowest BCUT2D eigenvalue weighted by atomic mass is 9.93. The molecule has 0 aliphatic heterocycles. The number of carbonyl (C=O) groups is 1. The summed E-state index contributed by atoms with van der Waals surface area (Å²) in [5.74, 6) is 0.180. The second-order valence-corrected chi connectivity index (χ2v) is 6.06. The Kier molecular flexibility index (Phi) is 2.68. The molecule has 0 fully saturated rings. The third kappa shape index (κ3) is 1.98. The largest absolute Gasteiger partial charge is 0.294 e. The maximum Gasteiger partial charge on any atom is 0.168 e. The first kappa shape index (κ1) is 11.2. The first-order valence-electron chi connectivity index (χ1n) is 5.26. The number of ketones is 1. The fourth-order valence-corrected chi connectivity index (χ4v) is 3.00. The van der Waals surface area contributed by atoms with Crippen LogP contribution in [0.4, 0.5) is 0 Å². The van der Waals surface area contributed by atoms with Crippen LogP contribution in [0.15, 0.2) is 39.3 Å². The number of Topliss-reactive ketones (excluding diaryl/α,β-unsaturated/α-hetero) is 1. The maximum atomic E-state index is 11.9. The molecule has 0 radical (unpaired) electrons. The lowest BCUT2D eigenvalue weighted by Crippen LogP contribution is -2.06. The number of fused-ring (bicyclic) bond motifs is 2. The minimum atomic E-state index is 0.180. The highest BCUT2D eigenvalue weighted by molar-refractivity contribution is 9.11. The minimum Gasteiger partial charge on any atom is -0.294 e. The van der Waals surface area contributed by atoms with Crippen LogP contribution in [0.25, 0.3) is 16.8 Å². The number of rotatable bonds is 0. The molecule has 0 heterocycles. The molecular formula is C14H8Br2O. The van der Waals surface area contributed by atoms with E-state index in [2.05, 4.69) is 44.0 Å². The molecule has 0 unspecified atom stereocenters. The fourth-order valence-electron chi connectivity index (χ4n) is 2.12. The number of hydrogen-bond donors (Lipinski definition) is 0. The maximum absolute atomic E-state index is 11.9. The van der Waals surface area contributed by atoms with E-state index in [9.17, 15) is 4.79 Å². The average Bonchev–Trinajstić information content (AvgIpc) is 2.26. The minimum absolute atomic E-state index is 0.180. The van der Waals surface area contributed by atoms with E-state index in [0.717, 1.165) is 30.9 Å². The summed E-state index contributed by atoms with van der Waals surface area (Å²) in [5.41, 5.74) is 1.82. The van der Waals surface area contributed by atoms with E-state index in [1.807, 2.05) is 24.3 Å². The van der Waals surface area contributed by atoms with Crippen molar-refractivity contribution in [1.82, 2.24) is 0 Å². The highest BCUT2D eigenvalue weighted by Gasteiger charge is 2.17. The predicted octanol–water partition coefficient (Wildman–Crippen LogP) is 4.92. The van der Waals surface area contributed by atoms with Crippen molar-refractivity contribution in [3.63, 3.8) is 0 Å². The standard InChI is InChI=1S/C14H8Br2O/c15-11-2-1-8-6-13-10(3-9(8)4-11)5-12(16)7-14(13)17/h1-6H,7H2. The molecule has 3 rings (SSSR count). The summed E-state index contributed by atoms with van der Waals surface area (Å²) in [6, 6.07) is 10.1. The number of carbonyl (C=O) groups excluding carboxylic acids is 1. The Balaban J connectivity index is 2.34. The van der Waals surface area contributed by atoms with E-state index >= 15 is 0 Å². The molecule has 0 saturated carbocycles. The van der Waals surface area contributed by atoms with E-state index in [0.29, 0.717) is 6.42 Å². The zero-order valence-electron chi connectivity index (χ0n) is 8.84. The normalized spacial score (nSPS) is 14.7. The molecule has 1 nitrogen and oxygen atoms in total. The monoisotopic (exact) mass is 350 g/mol. The van der Waals surface area contributed by atoms with Crippen LogP contribution in [-0.2, 0) is 0 Å². The molecule has 0 amide bonds. The van der Waals surface area contributed by atoms with E-state index in [1.165, 1.54) is 0 Å². The summed E-state index contributed by atoms with van der Waals surface area (Å²) in [6.45, 7) is 0. The Morgan fingerprint density at radius 2 is 1.82 bits per heavy atom. The molecule has 0 bridgehead atoms. The molecule has 2 aromatic carbocycles. The Hall–Kier alpha value is -0.930. The van der Waals surface area contributed by atoms with E-state index in [4.69, 9.17) is 0 Å². The molecule has 1 aliphatic rings. The van der Waals surface area contributed by atoms with E-state index in [-0.39, 0.29) is 5.78 Å². The summed E-state index contributed by atoms with van der Waals surface area (Å²) in [7, 11) is 0. The summed E-state index contributed by atoms with van der Waals surface area (Å²) < 4.78 is 2.00. The first-order chi connectivity index (χ1) is 8.13. The fraction of sp³-hybridized carbons (Fsp3) is 0.0714. The second-order valence-electron chi connectivity index (χ2n) is 4.12. The van der Waals surface area contributed by atoms with Gasteiger partial charge in [-0.05, 0) is 46.7 Å². The lowest BCUT2D eigenvalue weighted by Gasteiger charge is -2.13. The van der Waals surface area contributed by atoms with Crippen molar-refractivity contribution in [2.75, 3.05) is 0 Å². The Labute approximate surface area is 116 Å². The second kappa shape index (κ2) is 4.07.